The summed E-state index contributed by atoms with van der Waals surface area (Å²) in [6.07, 6.45) is 0. The molecule has 0 bridgehead atoms. The van der Waals surface area contributed by atoms with E-state index in [4.69, 9.17) is 21.1 Å². The Morgan fingerprint density at radius 1 is 0.727 bits per heavy atom. The van der Waals surface area contributed by atoms with Crippen LogP contribution in [0.5, 0.6) is 11.5 Å². The minimum Gasteiger partial charge on any atom is -0.490 e. The predicted octanol–water partition coefficient (Wildman–Crippen LogP) is 4.74. The molecule has 0 heterocycles. The smallest absolute Gasteiger partial charge is 0.262 e. The fourth-order valence-electron chi connectivity index (χ4n) is 2.86. The lowest BCUT2D eigenvalue weighted by atomic mass is 10.3. The number of benzene rings is 3. The number of para-hydroxylation sites is 1. The van der Waals surface area contributed by atoms with Crippen LogP contribution >= 0.6 is 11.6 Å². The van der Waals surface area contributed by atoms with Crippen molar-refractivity contribution in [1.29, 1.82) is 0 Å². The molecule has 0 radical (unpaired) electrons. The number of halogens is 1. The number of hydrogen-bond acceptors (Lipinski definition) is 6. The molecule has 2 N–H and O–H groups in total. The monoisotopic (exact) mass is 510 g/mol. The Hall–Kier alpha value is -2.95. The third kappa shape index (κ3) is 6.10. The van der Waals surface area contributed by atoms with Gasteiger partial charge in [-0.25, -0.2) is 16.8 Å². The molecule has 0 spiro atoms. The van der Waals surface area contributed by atoms with Crippen molar-refractivity contribution in [2.24, 2.45) is 0 Å². The molecule has 3 aromatic carbocycles. The molecule has 0 aliphatic carbocycles. The summed E-state index contributed by atoms with van der Waals surface area (Å²) in [5, 5.41) is 0.257. The predicted molar refractivity (Wildman–Crippen MR) is 128 cm³/mol. The van der Waals surface area contributed by atoms with Crippen LogP contribution in [0.1, 0.15) is 13.8 Å². The van der Waals surface area contributed by atoms with Crippen molar-refractivity contribution in [1.82, 2.24) is 0 Å². The Bertz CT molecular complexity index is 1330. The standard InChI is InChI=1S/C22H23ClN2O6S2/c1-3-30-21-14-13-18(15-22(21)31-4-2)33(28,29)24-16-9-11-17(12-10-16)32(26,27)25-20-8-6-5-7-19(20)23/h5-15,24-25H,3-4H2,1-2H3. The van der Waals surface area contributed by atoms with Gasteiger partial charge in [0, 0.05) is 11.8 Å². The second-order valence-corrected chi connectivity index (χ2v) is 10.5. The highest BCUT2D eigenvalue weighted by atomic mass is 35.5. The number of nitrogens with one attached hydrogen (secondary N) is 2. The van der Waals surface area contributed by atoms with Gasteiger partial charge in [-0.1, -0.05) is 23.7 Å². The van der Waals surface area contributed by atoms with Crippen LogP contribution in [0.25, 0.3) is 0 Å². The average molecular weight is 511 g/mol. The van der Waals surface area contributed by atoms with E-state index >= 15 is 0 Å². The van der Waals surface area contributed by atoms with E-state index in [-0.39, 0.29) is 26.2 Å². The highest BCUT2D eigenvalue weighted by Crippen LogP contribution is 2.31. The number of ether oxygens (including phenoxy) is 2. The van der Waals surface area contributed by atoms with Gasteiger partial charge < -0.3 is 9.47 Å². The molecule has 3 rings (SSSR count). The van der Waals surface area contributed by atoms with Crippen LogP contribution in [0.4, 0.5) is 11.4 Å². The molecule has 0 unspecified atom stereocenters. The third-order valence-electron chi connectivity index (χ3n) is 4.36. The number of anilines is 2. The SMILES string of the molecule is CCOc1ccc(S(=O)(=O)Nc2ccc(S(=O)(=O)Nc3ccccc3Cl)cc2)cc1OCC. The van der Waals surface area contributed by atoms with Crippen LogP contribution in [0.15, 0.2) is 76.5 Å². The quantitative estimate of drug-likeness (QED) is 0.407. The second kappa shape index (κ2) is 10.3. The molecule has 0 amide bonds. The third-order valence-corrected chi connectivity index (χ3v) is 7.45. The molecule has 33 heavy (non-hydrogen) atoms. The van der Waals surface area contributed by atoms with Crippen LogP contribution in [-0.4, -0.2) is 30.0 Å². The van der Waals surface area contributed by atoms with E-state index < -0.39 is 20.0 Å². The van der Waals surface area contributed by atoms with Crippen molar-refractivity contribution >= 4 is 43.0 Å². The van der Waals surface area contributed by atoms with Crippen LogP contribution < -0.4 is 18.9 Å². The van der Waals surface area contributed by atoms with Crippen molar-refractivity contribution in [3.8, 4) is 11.5 Å². The molecule has 0 saturated carbocycles. The van der Waals surface area contributed by atoms with Gasteiger partial charge >= 0.3 is 0 Å². The molecule has 3 aromatic rings. The zero-order valence-electron chi connectivity index (χ0n) is 17.9. The van der Waals surface area contributed by atoms with Crippen molar-refractivity contribution in [2.75, 3.05) is 22.7 Å². The summed E-state index contributed by atoms with van der Waals surface area (Å²) in [6, 6.07) is 16.0. The Kier molecular flexibility index (Phi) is 7.72. The van der Waals surface area contributed by atoms with Gasteiger partial charge in [0.05, 0.1) is 33.7 Å². The fraction of sp³-hybridized carbons (Fsp3) is 0.182. The first-order valence-electron chi connectivity index (χ1n) is 9.96. The molecule has 0 saturated heterocycles. The summed E-state index contributed by atoms with van der Waals surface area (Å²) in [4.78, 5) is -0.0726. The van der Waals surface area contributed by atoms with Gasteiger partial charge in [-0.05, 0) is 62.4 Å². The summed E-state index contributed by atoms with van der Waals surface area (Å²) < 4.78 is 66.7. The van der Waals surface area contributed by atoms with Crippen LogP contribution in [0.2, 0.25) is 5.02 Å². The van der Waals surface area contributed by atoms with Crippen molar-refractivity contribution in [2.45, 2.75) is 23.6 Å². The molecular formula is C22H23ClN2O6S2. The van der Waals surface area contributed by atoms with E-state index in [9.17, 15) is 16.8 Å². The maximum absolute atomic E-state index is 12.8. The summed E-state index contributed by atoms with van der Waals surface area (Å²) in [5.41, 5.74) is 0.433. The van der Waals surface area contributed by atoms with E-state index in [0.29, 0.717) is 24.7 Å². The number of hydrogen-bond donors (Lipinski definition) is 2. The Labute approximate surface area is 198 Å². The summed E-state index contributed by atoms with van der Waals surface area (Å²) >= 11 is 6.01. The summed E-state index contributed by atoms with van der Waals surface area (Å²) in [6.45, 7) is 4.35. The molecule has 0 aliphatic heterocycles. The molecule has 176 valence electrons. The normalized spacial score (nSPS) is 11.6. The summed E-state index contributed by atoms with van der Waals surface area (Å²) in [7, 11) is -7.87. The minimum absolute atomic E-state index is 0.0218. The second-order valence-electron chi connectivity index (χ2n) is 6.69. The van der Waals surface area contributed by atoms with Gasteiger partial charge in [-0.3, -0.25) is 9.44 Å². The fourth-order valence-corrected chi connectivity index (χ4v) is 5.25. The van der Waals surface area contributed by atoms with Gasteiger partial charge in [0.15, 0.2) is 11.5 Å². The molecule has 8 nitrogen and oxygen atoms in total. The van der Waals surface area contributed by atoms with E-state index in [0.717, 1.165) is 0 Å². The number of rotatable bonds is 10. The van der Waals surface area contributed by atoms with E-state index in [2.05, 4.69) is 9.44 Å². The minimum atomic E-state index is -3.96. The van der Waals surface area contributed by atoms with Crippen LogP contribution in [0.3, 0.4) is 0 Å². The van der Waals surface area contributed by atoms with Gasteiger partial charge in [0.1, 0.15) is 0 Å². The highest BCUT2D eigenvalue weighted by molar-refractivity contribution is 7.93. The van der Waals surface area contributed by atoms with Gasteiger partial charge in [-0.2, -0.15) is 0 Å². The lowest BCUT2D eigenvalue weighted by molar-refractivity contribution is 0.287. The lowest BCUT2D eigenvalue weighted by Crippen LogP contribution is -2.15. The lowest BCUT2D eigenvalue weighted by Gasteiger charge is -2.14. The summed E-state index contributed by atoms with van der Waals surface area (Å²) in [5.74, 6) is 0.758. The van der Waals surface area contributed by atoms with Crippen molar-refractivity contribution in [3.05, 3.63) is 71.8 Å². The first-order valence-corrected chi connectivity index (χ1v) is 13.3. The topological polar surface area (TPSA) is 111 Å². The molecular weight excluding hydrogens is 488 g/mol. The number of sulfonamides is 2. The zero-order chi connectivity index (χ0) is 24.1. The molecule has 0 fully saturated rings. The Morgan fingerprint density at radius 2 is 1.30 bits per heavy atom. The van der Waals surface area contributed by atoms with Crippen LogP contribution in [-0.2, 0) is 20.0 Å². The molecule has 0 aromatic heterocycles. The van der Waals surface area contributed by atoms with E-state index in [1.807, 2.05) is 6.92 Å². The molecule has 0 aliphatic rings. The highest BCUT2D eigenvalue weighted by Gasteiger charge is 2.19. The van der Waals surface area contributed by atoms with Crippen molar-refractivity contribution in [3.63, 3.8) is 0 Å². The molecule has 11 heteroatoms. The van der Waals surface area contributed by atoms with Gasteiger partial charge in [0.25, 0.3) is 20.0 Å². The Morgan fingerprint density at radius 3 is 1.94 bits per heavy atom. The van der Waals surface area contributed by atoms with Gasteiger partial charge in [0.2, 0.25) is 0 Å². The maximum Gasteiger partial charge on any atom is 0.262 e. The van der Waals surface area contributed by atoms with Gasteiger partial charge in [-0.15, -0.1) is 0 Å². The van der Waals surface area contributed by atoms with Crippen molar-refractivity contribution < 1.29 is 26.3 Å². The zero-order valence-corrected chi connectivity index (χ0v) is 20.3. The van der Waals surface area contributed by atoms with Crippen LogP contribution in [0, 0.1) is 0 Å². The van der Waals surface area contributed by atoms with E-state index in [1.165, 1.54) is 48.5 Å². The maximum atomic E-state index is 12.8. The average Bonchev–Trinajstić information content (AvgIpc) is 2.77. The van der Waals surface area contributed by atoms with E-state index in [1.54, 1.807) is 25.1 Å². The first kappa shape index (κ1) is 24.7. The first-order chi connectivity index (χ1) is 15.7. The molecule has 0 atom stereocenters. The Balaban J connectivity index is 1.80. The largest absolute Gasteiger partial charge is 0.490 e.